The number of unbranched alkanes of at least 4 members (excludes halogenated alkanes) is 1. The zero-order valence-corrected chi connectivity index (χ0v) is 8.18. The summed E-state index contributed by atoms with van der Waals surface area (Å²) in [5.74, 6) is 0.206. The van der Waals surface area contributed by atoms with Gasteiger partial charge in [0.05, 0.1) is 6.10 Å². The lowest BCUT2D eigenvalue weighted by Crippen LogP contribution is -2.12. The van der Waals surface area contributed by atoms with Gasteiger partial charge in [-0.1, -0.05) is 26.7 Å². The van der Waals surface area contributed by atoms with Crippen LogP contribution in [0.15, 0.2) is 0 Å². The number of rotatable bonds is 7. The molecule has 0 aromatic heterocycles. The van der Waals surface area contributed by atoms with Crippen molar-refractivity contribution in [2.75, 3.05) is 0 Å². The van der Waals surface area contributed by atoms with E-state index in [2.05, 4.69) is 6.92 Å². The summed E-state index contributed by atoms with van der Waals surface area (Å²) in [5.41, 5.74) is 0. The summed E-state index contributed by atoms with van der Waals surface area (Å²) in [6.45, 7) is 4.08. The fraction of sp³-hybridized carbons (Fsp3) is 0.900. The zero-order chi connectivity index (χ0) is 9.40. The van der Waals surface area contributed by atoms with Crippen LogP contribution in [-0.4, -0.2) is 17.0 Å². The normalized spacial score (nSPS) is 12.9. The van der Waals surface area contributed by atoms with Gasteiger partial charge in [0.15, 0.2) is 0 Å². The second kappa shape index (κ2) is 7.29. The molecule has 12 heavy (non-hydrogen) atoms. The molecule has 0 aliphatic rings. The molecule has 2 nitrogen and oxygen atoms in total. The highest BCUT2D eigenvalue weighted by Gasteiger charge is 2.08. The molecule has 0 amide bonds. The quantitative estimate of drug-likeness (QED) is 0.639. The average Bonchev–Trinajstić information content (AvgIpc) is 2.01. The van der Waals surface area contributed by atoms with Gasteiger partial charge < -0.3 is 5.11 Å². The van der Waals surface area contributed by atoms with E-state index in [1.165, 1.54) is 0 Å². The zero-order valence-electron chi connectivity index (χ0n) is 8.18. The van der Waals surface area contributed by atoms with Crippen LogP contribution < -0.4 is 0 Å². The van der Waals surface area contributed by atoms with Gasteiger partial charge in [0.25, 0.3) is 0 Å². The van der Waals surface area contributed by atoms with Crippen molar-refractivity contribution in [1.29, 1.82) is 0 Å². The van der Waals surface area contributed by atoms with Crippen LogP contribution in [0.2, 0.25) is 0 Å². The van der Waals surface area contributed by atoms with Crippen molar-refractivity contribution in [2.24, 2.45) is 0 Å². The molecule has 0 heterocycles. The van der Waals surface area contributed by atoms with Gasteiger partial charge >= 0.3 is 0 Å². The highest BCUT2D eigenvalue weighted by Crippen LogP contribution is 2.05. The topological polar surface area (TPSA) is 37.3 Å². The number of aliphatic hydroxyl groups is 1. The van der Waals surface area contributed by atoms with Crippen LogP contribution in [0.4, 0.5) is 0 Å². The van der Waals surface area contributed by atoms with E-state index in [1.54, 1.807) is 0 Å². The van der Waals surface area contributed by atoms with E-state index in [9.17, 15) is 9.90 Å². The van der Waals surface area contributed by atoms with Crippen LogP contribution in [0.5, 0.6) is 0 Å². The van der Waals surface area contributed by atoms with Crippen molar-refractivity contribution in [2.45, 2.75) is 58.5 Å². The Bertz CT molecular complexity index is 121. The van der Waals surface area contributed by atoms with E-state index in [4.69, 9.17) is 0 Å². The summed E-state index contributed by atoms with van der Waals surface area (Å²) >= 11 is 0. The summed E-state index contributed by atoms with van der Waals surface area (Å²) in [7, 11) is 0. The third kappa shape index (κ3) is 6.35. The lowest BCUT2D eigenvalue weighted by atomic mass is 10.0. The highest BCUT2D eigenvalue weighted by atomic mass is 16.3. The number of carbonyl (C=O) groups excluding carboxylic acids is 1. The number of carbonyl (C=O) groups is 1. The predicted octanol–water partition coefficient (Wildman–Crippen LogP) is 2.30. The Kier molecular flexibility index (Phi) is 7.06. The lowest BCUT2D eigenvalue weighted by molar-refractivity contribution is -0.121. The van der Waals surface area contributed by atoms with Crippen molar-refractivity contribution in [3.05, 3.63) is 0 Å². The molecule has 0 aromatic rings. The molecule has 2 heteroatoms. The number of aliphatic hydroxyl groups excluding tert-OH is 1. The van der Waals surface area contributed by atoms with Crippen molar-refractivity contribution in [3.8, 4) is 0 Å². The lowest BCUT2D eigenvalue weighted by Gasteiger charge is -2.07. The van der Waals surface area contributed by atoms with Crippen LogP contribution >= 0.6 is 0 Å². The smallest absolute Gasteiger partial charge is 0.135 e. The minimum absolute atomic E-state index is 0.206. The standard InChI is InChI=1S/C10H20O2/c1-3-5-7-10(12)8-9(11)6-4-2/h9,11H,3-8H2,1-2H3/t9-/m1/s1. The molecule has 0 saturated carbocycles. The van der Waals surface area contributed by atoms with Crippen molar-refractivity contribution >= 4 is 5.78 Å². The molecule has 0 aromatic carbocycles. The highest BCUT2D eigenvalue weighted by molar-refractivity contribution is 5.78. The predicted molar refractivity (Wildman–Crippen MR) is 50.1 cm³/mol. The maximum Gasteiger partial charge on any atom is 0.135 e. The van der Waals surface area contributed by atoms with E-state index in [1.807, 2.05) is 6.92 Å². The summed E-state index contributed by atoms with van der Waals surface area (Å²) in [6, 6.07) is 0. The van der Waals surface area contributed by atoms with E-state index >= 15 is 0 Å². The van der Waals surface area contributed by atoms with Crippen LogP contribution in [0.25, 0.3) is 0 Å². The molecule has 0 bridgehead atoms. The van der Waals surface area contributed by atoms with Gasteiger partial charge in [-0.2, -0.15) is 0 Å². The van der Waals surface area contributed by atoms with Gasteiger partial charge in [0.1, 0.15) is 5.78 Å². The summed E-state index contributed by atoms with van der Waals surface area (Å²) in [4.78, 5) is 11.1. The van der Waals surface area contributed by atoms with Crippen molar-refractivity contribution < 1.29 is 9.90 Å². The molecular weight excluding hydrogens is 152 g/mol. The van der Waals surface area contributed by atoms with Crippen LogP contribution in [0.3, 0.4) is 0 Å². The van der Waals surface area contributed by atoms with Crippen molar-refractivity contribution in [3.63, 3.8) is 0 Å². The Morgan fingerprint density at radius 3 is 2.50 bits per heavy atom. The Morgan fingerprint density at radius 2 is 2.00 bits per heavy atom. The second-order valence-corrected chi connectivity index (χ2v) is 3.29. The fourth-order valence-corrected chi connectivity index (χ4v) is 1.17. The second-order valence-electron chi connectivity index (χ2n) is 3.29. The Labute approximate surface area is 75.0 Å². The molecule has 1 atom stereocenters. The molecule has 0 rings (SSSR count). The molecule has 0 radical (unpaired) electrons. The third-order valence-electron chi connectivity index (χ3n) is 1.89. The third-order valence-corrected chi connectivity index (χ3v) is 1.89. The van der Waals surface area contributed by atoms with Gasteiger partial charge in [-0.3, -0.25) is 4.79 Å². The molecule has 0 unspecified atom stereocenters. The first-order chi connectivity index (χ1) is 5.70. The van der Waals surface area contributed by atoms with Gasteiger partial charge in [0.2, 0.25) is 0 Å². The minimum Gasteiger partial charge on any atom is -0.393 e. The fourth-order valence-electron chi connectivity index (χ4n) is 1.17. The van der Waals surface area contributed by atoms with E-state index in [0.717, 1.165) is 25.7 Å². The first-order valence-electron chi connectivity index (χ1n) is 4.90. The van der Waals surface area contributed by atoms with Crippen LogP contribution in [-0.2, 0) is 4.79 Å². The first kappa shape index (κ1) is 11.6. The number of Topliss-reactive ketones (excluding diaryl/α,β-unsaturated/α-hetero) is 1. The monoisotopic (exact) mass is 172 g/mol. The SMILES string of the molecule is CCCCC(=O)C[C@H](O)CCC. The van der Waals surface area contributed by atoms with E-state index in [-0.39, 0.29) is 5.78 Å². The van der Waals surface area contributed by atoms with Crippen LogP contribution in [0.1, 0.15) is 52.4 Å². The Hall–Kier alpha value is -0.370. The maximum absolute atomic E-state index is 11.1. The van der Waals surface area contributed by atoms with Crippen LogP contribution in [0, 0.1) is 0 Å². The molecule has 0 aliphatic heterocycles. The molecule has 0 saturated heterocycles. The molecule has 72 valence electrons. The van der Waals surface area contributed by atoms with Gasteiger partial charge in [-0.25, -0.2) is 0 Å². The minimum atomic E-state index is -0.403. The largest absolute Gasteiger partial charge is 0.393 e. The van der Waals surface area contributed by atoms with Crippen molar-refractivity contribution in [1.82, 2.24) is 0 Å². The number of hydrogen-bond acceptors (Lipinski definition) is 2. The maximum atomic E-state index is 11.1. The Morgan fingerprint density at radius 1 is 1.33 bits per heavy atom. The van der Waals surface area contributed by atoms with Gasteiger partial charge in [-0.15, -0.1) is 0 Å². The Balaban J connectivity index is 3.40. The molecule has 0 aliphatic carbocycles. The van der Waals surface area contributed by atoms with E-state index in [0.29, 0.717) is 12.8 Å². The molecule has 1 N–H and O–H groups in total. The number of ketones is 1. The molecular formula is C10H20O2. The number of hydrogen-bond donors (Lipinski definition) is 1. The first-order valence-corrected chi connectivity index (χ1v) is 4.90. The molecule has 0 spiro atoms. The molecule has 0 fully saturated rings. The summed E-state index contributed by atoms with van der Waals surface area (Å²) in [6.07, 6.45) is 4.29. The summed E-state index contributed by atoms with van der Waals surface area (Å²) < 4.78 is 0. The average molecular weight is 172 g/mol. The van der Waals surface area contributed by atoms with Gasteiger partial charge in [-0.05, 0) is 12.8 Å². The van der Waals surface area contributed by atoms with Gasteiger partial charge in [0, 0.05) is 12.8 Å². The van der Waals surface area contributed by atoms with E-state index < -0.39 is 6.10 Å². The summed E-state index contributed by atoms with van der Waals surface area (Å²) in [5, 5.41) is 9.30.